The Hall–Kier alpha value is -0.700. The average molecular weight is 254 g/mol. The second-order valence-corrected chi connectivity index (χ2v) is 7.02. The van der Waals surface area contributed by atoms with Gasteiger partial charge in [0.15, 0.2) is 0 Å². The van der Waals surface area contributed by atoms with Crippen molar-refractivity contribution in [2.75, 3.05) is 0 Å². The summed E-state index contributed by atoms with van der Waals surface area (Å²) >= 11 is 0. The molecule has 0 aromatic heterocycles. The van der Waals surface area contributed by atoms with E-state index in [-0.39, 0.29) is 11.1 Å². The molecule has 1 aromatic rings. The van der Waals surface area contributed by atoms with Crippen molar-refractivity contribution in [2.24, 2.45) is 11.8 Å². The highest BCUT2D eigenvalue weighted by atomic mass is 32.2. The van der Waals surface area contributed by atoms with Gasteiger partial charge in [-0.05, 0) is 55.4 Å². The lowest BCUT2D eigenvalue weighted by molar-refractivity contribution is 0.305. The predicted molar refractivity (Wildman–Crippen MR) is 68.8 cm³/mol. The quantitative estimate of drug-likeness (QED) is 0.785. The fourth-order valence-corrected chi connectivity index (χ4v) is 4.60. The molecule has 3 atom stereocenters. The van der Waals surface area contributed by atoms with Crippen LogP contribution in [0.1, 0.15) is 33.1 Å². The van der Waals surface area contributed by atoms with Crippen LogP contribution in [-0.2, 0) is 10.8 Å². The van der Waals surface area contributed by atoms with Crippen LogP contribution in [0, 0.1) is 17.7 Å². The van der Waals surface area contributed by atoms with E-state index in [2.05, 4.69) is 13.8 Å². The molecule has 2 rings (SSSR count). The van der Waals surface area contributed by atoms with Gasteiger partial charge in [-0.15, -0.1) is 0 Å². The van der Waals surface area contributed by atoms with Crippen molar-refractivity contribution in [1.82, 2.24) is 0 Å². The Morgan fingerprint density at radius 1 is 1.06 bits per heavy atom. The zero-order valence-electron chi connectivity index (χ0n) is 10.4. The van der Waals surface area contributed by atoms with Gasteiger partial charge in [-0.3, -0.25) is 4.21 Å². The van der Waals surface area contributed by atoms with E-state index < -0.39 is 10.8 Å². The highest BCUT2D eigenvalue weighted by Gasteiger charge is 2.28. The zero-order chi connectivity index (χ0) is 12.4. The largest absolute Gasteiger partial charge is 0.254 e. The lowest BCUT2D eigenvalue weighted by atomic mass is 9.83. The van der Waals surface area contributed by atoms with Crippen LogP contribution < -0.4 is 0 Å². The molecule has 1 fully saturated rings. The van der Waals surface area contributed by atoms with Crippen molar-refractivity contribution >= 4 is 10.8 Å². The molecule has 3 heteroatoms. The standard InChI is InChI=1S/C14H19FOS/c1-10-7-11(2)9-14(8-10)17(16)13-5-3-12(15)4-6-13/h3-6,10-11,14H,7-9H2,1-2H3. The maximum atomic E-state index is 12.8. The molecule has 94 valence electrons. The molecule has 1 saturated carbocycles. The van der Waals surface area contributed by atoms with Gasteiger partial charge in [0, 0.05) is 10.1 Å². The first-order valence-electron chi connectivity index (χ1n) is 6.22. The van der Waals surface area contributed by atoms with Gasteiger partial charge in [0.2, 0.25) is 0 Å². The van der Waals surface area contributed by atoms with Crippen LogP contribution in [0.2, 0.25) is 0 Å². The summed E-state index contributed by atoms with van der Waals surface area (Å²) in [4.78, 5) is 0.762. The van der Waals surface area contributed by atoms with Gasteiger partial charge in [-0.1, -0.05) is 13.8 Å². The lowest BCUT2D eigenvalue weighted by Gasteiger charge is -2.30. The van der Waals surface area contributed by atoms with Crippen LogP contribution >= 0.6 is 0 Å². The van der Waals surface area contributed by atoms with Crippen molar-refractivity contribution in [1.29, 1.82) is 0 Å². The van der Waals surface area contributed by atoms with Crippen LogP contribution in [0.5, 0.6) is 0 Å². The van der Waals surface area contributed by atoms with Crippen LogP contribution in [-0.4, -0.2) is 9.46 Å². The molecule has 0 bridgehead atoms. The van der Waals surface area contributed by atoms with Gasteiger partial charge < -0.3 is 0 Å². The van der Waals surface area contributed by atoms with E-state index in [4.69, 9.17) is 0 Å². The molecule has 1 aromatic carbocycles. The summed E-state index contributed by atoms with van der Waals surface area (Å²) in [6.07, 6.45) is 3.28. The first-order valence-corrected chi connectivity index (χ1v) is 7.43. The van der Waals surface area contributed by atoms with E-state index in [0.717, 1.165) is 17.7 Å². The Labute approximate surface area is 105 Å². The number of halogens is 1. The molecule has 17 heavy (non-hydrogen) atoms. The average Bonchev–Trinajstić information content (AvgIpc) is 2.28. The number of hydrogen-bond donors (Lipinski definition) is 0. The highest BCUT2D eigenvalue weighted by molar-refractivity contribution is 7.85. The van der Waals surface area contributed by atoms with Crippen LogP contribution in [0.15, 0.2) is 29.2 Å². The minimum Gasteiger partial charge on any atom is -0.254 e. The number of rotatable bonds is 2. The lowest BCUT2D eigenvalue weighted by Crippen LogP contribution is -2.27. The Morgan fingerprint density at radius 2 is 1.59 bits per heavy atom. The minimum absolute atomic E-state index is 0.235. The fourth-order valence-electron chi connectivity index (χ4n) is 2.81. The zero-order valence-corrected chi connectivity index (χ0v) is 11.2. The summed E-state index contributed by atoms with van der Waals surface area (Å²) < 4.78 is 25.2. The van der Waals surface area contributed by atoms with Crippen LogP contribution in [0.3, 0.4) is 0 Å². The first kappa shape index (κ1) is 12.7. The van der Waals surface area contributed by atoms with E-state index in [1.807, 2.05) is 0 Å². The van der Waals surface area contributed by atoms with Crippen molar-refractivity contribution in [3.63, 3.8) is 0 Å². The van der Waals surface area contributed by atoms with Gasteiger partial charge in [0.25, 0.3) is 0 Å². The van der Waals surface area contributed by atoms with Crippen molar-refractivity contribution in [2.45, 2.75) is 43.3 Å². The molecule has 0 saturated heterocycles. The first-order chi connectivity index (χ1) is 8.06. The van der Waals surface area contributed by atoms with Crippen molar-refractivity contribution in [3.05, 3.63) is 30.1 Å². The summed E-state index contributed by atoms with van der Waals surface area (Å²) in [5.41, 5.74) is 0. The maximum absolute atomic E-state index is 12.8. The predicted octanol–water partition coefficient (Wildman–Crippen LogP) is 3.76. The molecule has 0 N–H and O–H groups in total. The summed E-state index contributed by atoms with van der Waals surface area (Å²) in [5, 5.41) is 0.235. The third kappa shape index (κ3) is 3.15. The third-order valence-corrected chi connectivity index (χ3v) is 5.21. The summed E-state index contributed by atoms with van der Waals surface area (Å²) in [6, 6.07) is 6.08. The topological polar surface area (TPSA) is 17.1 Å². The smallest absolute Gasteiger partial charge is 0.123 e. The molecule has 0 heterocycles. The van der Waals surface area contributed by atoms with Gasteiger partial charge in [0.1, 0.15) is 5.82 Å². The Kier molecular flexibility index (Phi) is 3.97. The van der Waals surface area contributed by atoms with E-state index in [1.54, 1.807) is 12.1 Å². The van der Waals surface area contributed by atoms with Gasteiger partial charge >= 0.3 is 0 Å². The van der Waals surface area contributed by atoms with Crippen molar-refractivity contribution < 1.29 is 8.60 Å². The fraction of sp³-hybridized carbons (Fsp3) is 0.571. The number of hydrogen-bond acceptors (Lipinski definition) is 1. The molecule has 3 unspecified atom stereocenters. The van der Waals surface area contributed by atoms with E-state index >= 15 is 0 Å². The van der Waals surface area contributed by atoms with E-state index in [1.165, 1.54) is 18.6 Å². The summed E-state index contributed by atoms with van der Waals surface area (Å²) in [6.45, 7) is 4.45. The van der Waals surface area contributed by atoms with Gasteiger partial charge in [-0.25, -0.2) is 4.39 Å². The Balaban J connectivity index is 2.11. The maximum Gasteiger partial charge on any atom is 0.123 e. The summed E-state index contributed by atoms with van der Waals surface area (Å²) in [5.74, 6) is 1.03. The molecule has 0 amide bonds. The minimum atomic E-state index is -0.986. The molecular formula is C14H19FOS. The second kappa shape index (κ2) is 5.30. The van der Waals surface area contributed by atoms with Crippen molar-refractivity contribution in [3.8, 4) is 0 Å². The second-order valence-electron chi connectivity index (χ2n) is 5.29. The van der Waals surface area contributed by atoms with E-state index in [9.17, 15) is 8.60 Å². The molecular weight excluding hydrogens is 235 g/mol. The van der Waals surface area contributed by atoms with Crippen LogP contribution in [0.4, 0.5) is 4.39 Å². The van der Waals surface area contributed by atoms with Gasteiger partial charge in [0.05, 0.1) is 10.8 Å². The Morgan fingerprint density at radius 3 is 2.12 bits per heavy atom. The molecule has 0 radical (unpaired) electrons. The normalized spacial score (nSPS) is 31.1. The molecule has 0 spiro atoms. The third-order valence-electron chi connectivity index (χ3n) is 3.48. The highest BCUT2D eigenvalue weighted by Crippen LogP contribution is 2.33. The van der Waals surface area contributed by atoms with E-state index in [0.29, 0.717) is 11.8 Å². The molecule has 1 aliphatic rings. The molecule has 1 aliphatic carbocycles. The molecule has 1 nitrogen and oxygen atoms in total. The monoisotopic (exact) mass is 254 g/mol. The summed E-state index contributed by atoms with van der Waals surface area (Å²) in [7, 11) is -0.986. The molecule has 0 aliphatic heterocycles. The number of benzene rings is 1. The SMILES string of the molecule is CC1CC(C)CC(S(=O)c2ccc(F)cc2)C1. The van der Waals surface area contributed by atoms with Crippen LogP contribution in [0.25, 0.3) is 0 Å². The van der Waals surface area contributed by atoms with Gasteiger partial charge in [-0.2, -0.15) is 0 Å². The Bertz CT molecular complexity index is 391.